The van der Waals surface area contributed by atoms with E-state index in [9.17, 15) is 4.79 Å². The molecule has 0 bridgehead atoms. The normalized spacial score (nSPS) is 20.8. The molecule has 0 saturated carbocycles. The monoisotopic (exact) mass is 320 g/mol. The molecule has 0 spiro atoms. The van der Waals surface area contributed by atoms with Gasteiger partial charge in [0.25, 0.3) is 0 Å². The van der Waals surface area contributed by atoms with Crippen LogP contribution in [0.1, 0.15) is 25.7 Å². The van der Waals surface area contributed by atoms with Gasteiger partial charge in [0.15, 0.2) is 0 Å². The molecule has 22 heavy (non-hydrogen) atoms. The van der Waals surface area contributed by atoms with Crippen molar-refractivity contribution < 1.29 is 34.3 Å². The predicted octanol–water partition coefficient (Wildman–Crippen LogP) is 0.589. The van der Waals surface area contributed by atoms with Crippen LogP contribution in [0.2, 0.25) is 0 Å². The number of unbranched alkanes of at least 4 members (excludes halogenated alkanes) is 3. The van der Waals surface area contributed by atoms with Crippen molar-refractivity contribution in [2.24, 2.45) is 0 Å². The van der Waals surface area contributed by atoms with Crippen molar-refractivity contribution in [3.05, 3.63) is 12.7 Å². The van der Waals surface area contributed by atoms with E-state index in [1.165, 1.54) is 0 Å². The van der Waals surface area contributed by atoms with E-state index in [1.54, 1.807) is 0 Å². The van der Waals surface area contributed by atoms with E-state index in [4.69, 9.17) is 29.5 Å². The molecule has 7 nitrogen and oxygen atoms in total. The van der Waals surface area contributed by atoms with Crippen molar-refractivity contribution in [2.45, 2.75) is 37.9 Å². The summed E-state index contributed by atoms with van der Waals surface area (Å²) < 4.78 is 15.1. The number of rotatable bonds is 10. The summed E-state index contributed by atoms with van der Waals surface area (Å²) in [7, 11) is 0. The van der Waals surface area contributed by atoms with Gasteiger partial charge in [0.05, 0.1) is 26.4 Å². The Labute approximate surface area is 131 Å². The molecule has 2 heterocycles. The highest BCUT2D eigenvalue weighted by atomic mass is 16.6. The Hall–Kier alpha value is -0.990. The molecule has 0 aromatic rings. The molecule has 130 valence electrons. The number of aliphatic carboxylic acids is 1. The standard InChI is InChI=1S/C6H10O3.C6H14O2.C3H4O2/c1(5-3-8-5)7-2-6-4-9-6;7-5-3-1-2-4-6-8;1-2-3(4)5/h5-6H,1-4H2;7-8H,1-6H2;2H,1H2,(H,4,5). The van der Waals surface area contributed by atoms with Crippen molar-refractivity contribution in [1.82, 2.24) is 0 Å². The summed E-state index contributed by atoms with van der Waals surface area (Å²) in [6.45, 7) is 6.79. The average molecular weight is 320 g/mol. The van der Waals surface area contributed by atoms with E-state index in [1.807, 2.05) is 0 Å². The number of ether oxygens (including phenoxy) is 3. The maximum atomic E-state index is 9.25. The first-order valence-corrected chi connectivity index (χ1v) is 7.52. The van der Waals surface area contributed by atoms with Crippen LogP contribution in [0, 0.1) is 0 Å². The Morgan fingerprint density at radius 1 is 1.05 bits per heavy atom. The van der Waals surface area contributed by atoms with Crippen LogP contribution in [-0.4, -0.2) is 73.1 Å². The second-order valence-corrected chi connectivity index (χ2v) is 4.85. The Morgan fingerprint density at radius 2 is 1.41 bits per heavy atom. The first-order valence-electron chi connectivity index (χ1n) is 7.52. The third-order valence-corrected chi connectivity index (χ3v) is 2.65. The number of hydrogen-bond acceptors (Lipinski definition) is 6. The van der Waals surface area contributed by atoms with Gasteiger partial charge in [-0.25, -0.2) is 4.79 Å². The van der Waals surface area contributed by atoms with Gasteiger partial charge >= 0.3 is 5.97 Å². The summed E-state index contributed by atoms with van der Waals surface area (Å²) in [5.74, 6) is -0.981. The average Bonchev–Trinajstić information content (AvgIpc) is 3.40. The van der Waals surface area contributed by atoms with Crippen LogP contribution in [-0.2, 0) is 19.0 Å². The second-order valence-electron chi connectivity index (χ2n) is 4.85. The molecule has 7 heteroatoms. The summed E-state index contributed by atoms with van der Waals surface area (Å²) in [4.78, 5) is 9.25. The van der Waals surface area contributed by atoms with Crippen LogP contribution in [0.15, 0.2) is 12.7 Å². The van der Waals surface area contributed by atoms with Gasteiger partial charge in [-0.3, -0.25) is 0 Å². The fraction of sp³-hybridized carbons (Fsp3) is 0.800. The Kier molecular flexibility index (Phi) is 14.3. The number of carbonyl (C=O) groups is 1. The summed E-state index contributed by atoms with van der Waals surface area (Å²) in [5, 5.41) is 24.2. The third-order valence-electron chi connectivity index (χ3n) is 2.65. The Balaban J connectivity index is 0.000000316. The van der Waals surface area contributed by atoms with E-state index in [0.717, 1.165) is 58.2 Å². The van der Waals surface area contributed by atoms with Gasteiger partial charge in [-0.15, -0.1) is 0 Å². The predicted molar refractivity (Wildman–Crippen MR) is 80.8 cm³/mol. The number of hydrogen-bond donors (Lipinski definition) is 3. The topological polar surface area (TPSA) is 112 Å². The Morgan fingerprint density at radius 3 is 1.64 bits per heavy atom. The van der Waals surface area contributed by atoms with E-state index in [-0.39, 0.29) is 13.2 Å². The molecule has 0 aromatic heterocycles. The van der Waals surface area contributed by atoms with E-state index in [2.05, 4.69) is 6.58 Å². The van der Waals surface area contributed by atoms with Crippen molar-refractivity contribution in [3.63, 3.8) is 0 Å². The lowest BCUT2D eigenvalue weighted by molar-refractivity contribution is -0.131. The fourth-order valence-electron chi connectivity index (χ4n) is 1.24. The number of aliphatic hydroxyl groups excluding tert-OH is 2. The molecule has 2 atom stereocenters. The lowest BCUT2D eigenvalue weighted by Crippen LogP contribution is -2.06. The third kappa shape index (κ3) is 19.0. The quantitative estimate of drug-likeness (QED) is 0.307. The van der Waals surface area contributed by atoms with Gasteiger partial charge in [0, 0.05) is 19.3 Å². The minimum atomic E-state index is -0.981. The van der Waals surface area contributed by atoms with Crippen LogP contribution in [0.3, 0.4) is 0 Å². The maximum absolute atomic E-state index is 9.25. The van der Waals surface area contributed by atoms with Gasteiger partial charge in [0.2, 0.25) is 0 Å². The minimum Gasteiger partial charge on any atom is -0.478 e. The van der Waals surface area contributed by atoms with Gasteiger partial charge in [-0.1, -0.05) is 19.4 Å². The molecule has 0 aromatic carbocycles. The first kappa shape index (κ1) is 21.0. The zero-order chi connectivity index (χ0) is 16.6. The molecule has 2 unspecified atom stereocenters. The van der Waals surface area contributed by atoms with Crippen molar-refractivity contribution in [1.29, 1.82) is 0 Å². The highest BCUT2D eigenvalue weighted by Crippen LogP contribution is 2.12. The first-order chi connectivity index (χ1) is 10.6. The molecule has 2 saturated heterocycles. The number of carboxylic acids is 1. The molecule has 0 aliphatic carbocycles. The van der Waals surface area contributed by atoms with Gasteiger partial charge in [0.1, 0.15) is 12.2 Å². The van der Waals surface area contributed by atoms with Gasteiger partial charge < -0.3 is 29.5 Å². The smallest absolute Gasteiger partial charge is 0.327 e. The maximum Gasteiger partial charge on any atom is 0.327 e. The molecular formula is C15H28O7. The largest absolute Gasteiger partial charge is 0.478 e. The van der Waals surface area contributed by atoms with E-state index in [0.29, 0.717) is 12.2 Å². The molecule has 0 radical (unpaired) electrons. The molecule has 2 fully saturated rings. The summed E-state index contributed by atoms with van der Waals surface area (Å²) in [6, 6.07) is 0. The number of carboxylic acid groups (broad SMARTS) is 1. The fourth-order valence-corrected chi connectivity index (χ4v) is 1.24. The van der Waals surface area contributed by atoms with Crippen LogP contribution in [0.5, 0.6) is 0 Å². The SMILES string of the molecule is C(OCC1CO1)C1CO1.C=CC(=O)O.OCCCCCCO. The lowest BCUT2D eigenvalue weighted by Gasteiger charge is -1.95. The van der Waals surface area contributed by atoms with Crippen LogP contribution in [0.4, 0.5) is 0 Å². The Bertz CT molecular complexity index is 257. The van der Waals surface area contributed by atoms with Crippen molar-refractivity contribution >= 4 is 5.97 Å². The summed E-state index contributed by atoms with van der Waals surface area (Å²) in [5.41, 5.74) is 0. The summed E-state index contributed by atoms with van der Waals surface area (Å²) in [6.07, 6.45) is 5.45. The van der Waals surface area contributed by atoms with Crippen molar-refractivity contribution in [3.8, 4) is 0 Å². The van der Waals surface area contributed by atoms with Crippen molar-refractivity contribution in [2.75, 3.05) is 39.6 Å². The van der Waals surface area contributed by atoms with Gasteiger partial charge in [-0.05, 0) is 12.8 Å². The molecular weight excluding hydrogens is 292 g/mol. The molecule has 0 amide bonds. The highest BCUT2D eigenvalue weighted by Gasteiger charge is 2.26. The van der Waals surface area contributed by atoms with Crippen LogP contribution in [0.25, 0.3) is 0 Å². The van der Waals surface area contributed by atoms with Crippen LogP contribution >= 0.6 is 0 Å². The minimum absolute atomic E-state index is 0.283. The lowest BCUT2D eigenvalue weighted by atomic mass is 10.2. The molecule has 2 rings (SSSR count). The zero-order valence-electron chi connectivity index (χ0n) is 13.0. The molecule has 3 N–H and O–H groups in total. The zero-order valence-corrected chi connectivity index (χ0v) is 13.0. The van der Waals surface area contributed by atoms with Crippen LogP contribution < -0.4 is 0 Å². The highest BCUT2D eigenvalue weighted by molar-refractivity contribution is 5.78. The summed E-state index contributed by atoms with van der Waals surface area (Å²) >= 11 is 0. The number of epoxide rings is 2. The number of aliphatic hydroxyl groups is 2. The molecule has 2 aliphatic rings. The molecule has 2 aliphatic heterocycles. The second kappa shape index (κ2) is 14.9. The van der Waals surface area contributed by atoms with E-state index < -0.39 is 5.97 Å². The van der Waals surface area contributed by atoms with E-state index >= 15 is 0 Å². The van der Waals surface area contributed by atoms with Gasteiger partial charge in [-0.2, -0.15) is 0 Å².